The number of carboxylic acid groups (broad SMARTS) is 1. The summed E-state index contributed by atoms with van der Waals surface area (Å²) in [7, 11) is 0. The molecule has 2 aromatic rings. The molecule has 0 aliphatic carbocycles. The molecular weight excluding hydrogens is 356 g/mol. The van der Waals surface area contributed by atoms with Crippen molar-refractivity contribution in [3.8, 4) is 0 Å². The summed E-state index contributed by atoms with van der Waals surface area (Å²) in [6.45, 7) is 0. The minimum Gasteiger partial charge on any atom is -0.481 e. The Morgan fingerprint density at radius 3 is 2.62 bits per heavy atom. The van der Waals surface area contributed by atoms with Crippen LogP contribution in [0.1, 0.15) is 12.0 Å². The Labute approximate surface area is 154 Å². The van der Waals surface area contributed by atoms with Gasteiger partial charge in [-0.1, -0.05) is 35.9 Å². The summed E-state index contributed by atoms with van der Waals surface area (Å²) >= 11 is 5.97. The maximum Gasteiger partial charge on any atom is 0.316 e. The number of carbonyl (C=O) groups is 3. The van der Waals surface area contributed by atoms with E-state index in [-0.39, 0.29) is 6.42 Å². The van der Waals surface area contributed by atoms with Crippen LogP contribution < -0.4 is 10.6 Å². The Morgan fingerprint density at radius 1 is 1.19 bits per heavy atom. The molecule has 1 heterocycles. The van der Waals surface area contributed by atoms with Crippen LogP contribution in [0.25, 0.3) is 5.57 Å². The molecule has 132 valence electrons. The molecule has 7 heteroatoms. The number of anilines is 2. The number of fused-ring (bicyclic) bond motifs is 1. The van der Waals surface area contributed by atoms with Crippen LogP contribution in [-0.4, -0.2) is 22.9 Å². The molecule has 0 saturated heterocycles. The Morgan fingerprint density at radius 2 is 1.92 bits per heavy atom. The molecule has 1 unspecified atom stereocenters. The fourth-order valence-electron chi connectivity index (χ4n) is 2.74. The zero-order chi connectivity index (χ0) is 18.7. The predicted molar refractivity (Wildman–Crippen MR) is 98.9 cm³/mol. The number of halogens is 1. The van der Waals surface area contributed by atoms with E-state index in [4.69, 9.17) is 11.6 Å². The molecule has 0 aromatic heterocycles. The molecule has 3 N–H and O–H groups in total. The first kappa shape index (κ1) is 17.7. The molecule has 0 saturated carbocycles. The predicted octanol–water partition coefficient (Wildman–Crippen LogP) is 3.41. The van der Waals surface area contributed by atoms with Gasteiger partial charge in [-0.05, 0) is 36.3 Å². The Hall–Kier alpha value is -3.12. The number of aliphatic carboxylic acids is 1. The molecule has 2 amide bonds. The van der Waals surface area contributed by atoms with Crippen molar-refractivity contribution in [2.45, 2.75) is 6.42 Å². The second-order valence-corrected chi connectivity index (χ2v) is 6.24. The van der Waals surface area contributed by atoms with Crippen molar-refractivity contribution in [2.75, 3.05) is 10.6 Å². The van der Waals surface area contributed by atoms with Gasteiger partial charge in [-0.15, -0.1) is 0 Å². The molecular formula is C19H15ClN2O4. The van der Waals surface area contributed by atoms with Gasteiger partial charge in [0.05, 0.1) is 0 Å². The molecule has 0 bridgehead atoms. The van der Waals surface area contributed by atoms with E-state index in [0.717, 1.165) is 0 Å². The third-order valence-corrected chi connectivity index (χ3v) is 4.21. The Bertz CT molecular complexity index is 909. The minimum atomic E-state index is -1.29. The van der Waals surface area contributed by atoms with Crippen molar-refractivity contribution in [2.24, 2.45) is 5.92 Å². The smallest absolute Gasteiger partial charge is 0.316 e. The zero-order valence-electron chi connectivity index (χ0n) is 13.5. The Balaban J connectivity index is 1.98. The lowest BCUT2D eigenvalue weighted by Gasteiger charge is -2.10. The quantitative estimate of drug-likeness (QED) is 0.570. The molecule has 1 atom stereocenters. The lowest BCUT2D eigenvalue weighted by Crippen LogP contribution is -2.28. The van der Waals surface area contributed by atoms with Crippen molar-refractivity contribution in [1.82, 2.24) is 0 Å². The highest BCUT2D eigenvalue weighted by molar-refractivity contribution is 6.31. The van der Waals surface area contributed by atoms with Crippen LogP contribution in [0, 0.1) is 5.92 Å². The number of benzene rings is 2. The van der Waals surface area contributed by atoms with Gasteiger partial charge in [0.1, 0.15) is 5.92 Å². The molecule has 1 aliphatic heterocycles. The maximum atomic E-state index is 12.4. The highest BCUT2D eigenvalue weighted by atomic mass is 35.5. The van der Waals surface area contributed by atoms with E-state index in [0.29, 0.717) is 27.5 Å². The van der Waals surface area contributed by atoms with Crippen LogP contribution in [0.4, 0.5) is 11.4 Å². The third-order valence-electron chi connectivity index (χ3n) is 3.97. The van der Waals surface area contributed by atoms with E-state index in [1.807, 2.05) is 6.07 Å². The van der Waals surface area contributed by atoms with Crippen LogP contribution in [-0.2, 0) is 14.4 Å². The van der Waals surface area contributed by atoms with E-state index in [9.17, 15) is 19.5 Å². The largest absolute Gasteiger partial charge is 0.481 e. The number of hydrogen-bond donors (Lipinski definition) is 3. The molecule has 0 fully saturated rings. The Kier molecular flexibility index (Phi) is 5.04. The fourth-order valence-corrected chi connectivity index (χ4v) is 2.91. The summed E-state index contributed by atoms with van der Waals surface area (Å²) in [6.07, 6.45) is 1.22. The van der Waals surface area contributed by atoms with Crippen LogP contribution >= 0.6 is 11.6 Å². The topological polar surface area (TPSA) is 95.5 Å². The maximum absolute atomic E-state index is 12.4. The van der Waals surface area contributed by atoms with Crippen molar-refractivity contribution in [3.05, 3.63) is 65.2 Å². The summed E-state index contributed by atoms with van der Waals surface area (Å²) in [4.78, 5) is 36.0. The van der Waals surface area contributed by atoms with E-state index >= 15 is 0 Å². The van der Waals surface area contributed by atoms with E-state index < -0.39 is 23.7 Å². The summed E-state index contributed by atoms with van der Waals surface area (Å²) in [5.74, 6) is -3.61. The van der Waals surface area contributed by atoms with Gasteiger partial charge in [0.2, 0.25) is 11.8 Å². The summed E-state index contributed by atoms with van der Waals surface area (Å²) in [5.41, 5.74) is 2.00. The third kappa shape index (κ3) is 3.92. The van der Waals surface area contributed by atoms with Gasteiger partial charge < -0.3 is 15.7 Å². The number of hydrogen-bond acceptors (Lipinski definition) is 3. The first-order valence-corrected chi connectivity index (χ1v) is 8.22. The second kappa shape index (κ2) is 7.41. The molecule has 2 aromatic carbocycles. The average Bonchev–Trinajstić information content (AvgIpc) is 2.72. The van der Waals surface area contributed by atoms with Crippen molar-refractivity contribution >= 4 is 46.3 Å². The van der Waals surface area contributed by atoms with Crippen LogP contribution in [0.3, 0.4) is 0 Å². The van der Waals surface area contributed by atoms with Crippen LogP contribution in [0.2, 0.25) is 5.02 Å². The molecule has 1 aliphatic rings. The van der Waals surface area contributed by atoms with Gasteiger partial charge in [-0.25, -0.2) is 0 Å². The van der Waals surface area contributed by atoms with Crippen molar-refractivity contribution in [3.63, 3.8) is 0 Å². The lowest BCUT2D eigenvalue weighted by molar-refractivity contribution is -0.145. The van der Waals surface area contributed by atoms with Gasteiger partial charge in [-0.2, -0.15) is 0 Å². The molecule has 0 radical (unpaired) electrons. The summed E-state index contributed by atoms with van der Waals surface area (Å²) in [5, 5.41) is 15.0. The molecule has 0 spiro atoms. The monoisotopic (exact) mass is 370 g/mol. The summed E-state index contributed by atoms with van der Waals surface area (Å²) in [6, 6.07) is 13.7. The molecule has 6 nitrogen and oxygen atoms in total. The summed E-state index contributed by atoms with van der Waals surface area (Å²) < 4.78 is 0. The highest BCUT2D eigenvalue weighted by Gasteiger charge is 2.32. The molecule has 3 rings (SSSR count). The highest BCUT2D eigenvalue weighted by Crippen LogP contribution is 2.35. The number of para-hydroxylation sites is 1. The standard InChI is InChI=1S/C19H15ClN2O4/c20-12-6-7-14-11(9-17(23)21-13-4-2-1-3-5-13)8-15(19(25)26)18(24)22-16(14)10-12/h1-7,9-10,15H,8H2,(H,21,23)(H,22,24)(H,25,26)/b11-9+. The van der Waals surface area contributed by atoms with Crippen LogP contribution in [0.15, 0.2) is 54.6 Å². The fraction of sp³-hybridized carbons (Fsp3) is 0.105. The van der Waals surface area contributed by atoms with Crippen LogP contribution in [0.5, 0.6) is 0 Å². The first-order valence-electron chi connectivity index (χ1n) is 7.84. The van der Waals surface area contributed by atoms with E-state index in [1.54, 1.807) is 36.4 Å². The zero-order valence-corrected chi connectivity index (χ0v) is 14.3. The van der Waals surface area contributed by atoms with E-state index in [1.165, 1.54) is 12.1 Å². The number of amides is 2. The van der Waals surface area contributed by atoms with E-state index in [2.05, 4.69) is 10.6 Å². The minimum absolute atomic E-state index is 0.0992. The van der Waals surface area contributed by atoms with Crippen molar-refractivity contribution in [1.29, 1.82) is 0 Å². The van der Waals surface area contributed by atoms with Gasteiger partial charge in [0.15, 0.2) is 0 Å². The number of rotatable bonds is 3. The van der Waals surface area contributed by atoms with Gasteiger partial charge in [0.25, 0.3) is 0 Å². The number of carboxylic acids is 1. The van der Waals surface area contributed by atoms with Gasteiger partial charge in [0, 0.05) is 28.0 Å². The molecule has 26 heavy (non-hydrogen) atoms. The normalized spacial score (nSPS) is 17.8. The van der Waals surface area contributed by atoms with Gasteiger partial charge >= 0.3 is 5.97 Å². The average molecular weight is 371 g/mol. The first-order chi connectivity index (χ1) is 12.4. The number of carbonyl (C=O) groups excluding carboxylic acids is 2. The van der Waals surface area contributed by atoms with Crippen molar-refractivity contribution < 1.29 is 19.5 Å². The number of nitrogens with one attached hydrogen (secondary N) is 2. The SMILES string of the molecule is O=C(/C=C1\CC(C(=O)O)C(=O)Nc2cc(Cl)ccc21)Nc1ccccc1. The lowest BCUT2D eigenvalue weighted by atomic mass is 9.94. The number of allylic oxidation sites excluding steroid dienone is 1. The second-order valence-electron chi connectivity index (χ2n) is 5.80. The van der Waals surface area contributed by atoms with Gasteiger partial charge in [-0.3, -0.25) is 14.4 Å².